The van der Waals surface area contributed by atoms with Crippen molar-refractivity contribution in [2.45, 2.75) is 33.7 Å². The predicted molar refractivity (Wildman–Crippen MR) is 75.1 cm³/mol. The normalized spacial score (nSPS) is 14.1. The maximum Gasteiger partial charge on any atom is 0.0470 e. The summed E-state index contributed by atoms with van der Waals surface area (Å²) in [6, 6.07) is 8.83. The van der Waals surface area contributed by atoms with E-state index in [0.29, 0.717) is 18.0 Å². The number of hydrogen-bond donors (Lipinski definition) is 1. The average molecular weight is 234 g/mol. The first kappa shape index (κ1) is 14.2. The number of nitrogens with two attached hydrogens (primary N) is 1. The third-order valence-electron chi connectivity index (χ3n) is 3.03. The minimum atomic E-state index is 0.296. The molecule has 96 valence electrons. The van der Waals surface area contributed by atoms with E-state index in [1.165, 1.54) is 11.1 Å². The third-order valence-corrected chi connectivity index (χ3v) is 3.03. The van der Waals surface area contributed by atoms with Crippen LogP contribution in [0.3, 0.4) is 0 Å². The first-order valence-electron chi connectivity index (χ1n) is 6.31. The molecule has 2 N–H and O–H groups in total. The van der Waals surface area contributed by atoms with Crippen LogP contribution in [-0.4, -0.2) is 25.0 Å². The second kappa shape index (κ2) is 5.65. The van der Waals surface area contributed by atoms with E-state index in [-0.39, 0.29) is 0 Å². The first-order valence-corrected chi connectivity index (χ1v) is 6.31. The van der Waals surface area contributed by atoms with Gasteiger partial charge in [-0.1, -0.05) is 45.0 Å². The van der Waals surface area contributed by atoms with Crippen LogP contribution < -0.4 is 5.73 Å². The lowest BCUT2D eigenvalue weighted by atomic mass is 9.93. The highest BCUT2D eigenvalue weighted by atomic mass is 15.1. The number of benzene rings is 1. The fourth-order valence-corrected chi connectivity index (χ4v) is 2.36. The van der Waals surface area contributed by atoms with Crippen molar-refractivity contribution in [1.82, 2.24) is 4.90 Å². The zero-order valence-electron chi connectivity index (χ0n) is 11.8. The van der Waals surface area contributed by atoms with Gasteiger partial charge in [0.25, 0.3) is 0 Å². The average Bonchev–Trinajstić information content (AvgIpc) is 2.19. The molecule has 0 saturated heterocycles. The van der Waals surface area contributed by atoms with Crippen molar-refractivity contribution >= 4 is 0 Å². The van der Waals surface area contributed by atoms with E-state index in [0.717, 1.165) is 6.54 Å². The van der Waals surface area contributed by atoms with Gasteiger partial charge in [-0.2, -0.15) is 0 Å². The fourth-order valence-electron chi connectivity index (χ4n) is 2.36. The zero-order chi connectivity index (χ0) is 13.1. The summed E-state index contributed by atoms with van der Waals surface area (Å²) in [5, 5.41) is 0. The Morgan fingerprint density at radius 2 is 1.82 bits per heavy atom. The third kappa shape index (κ3) is 4.14. The summed E-state index contributed by atoms with van der Waals surface area (Å²) in [7, 11) is 2.16. The molecule has 1 rings (SSSR count). The van der Waals surface area contributed by atoms with Crippen molar-refractivity contribution in [3.8, 4) is 0 Å². The SMILES string of the molecule is Cc1ccccc1C(CN)N(C)CC(C)(C)C. The molecule has 1 atom stereocenters. The molecule has 0 radical (unpaired) electrons. The summed E-state index contributed by atoms with van der Waals surface area (Å²) in [6.07, 6.45) is 0. The molecule has 0 aromatic heterocycles. The molecular weight excluding hydrogens is 208 g/mol. The van der Waals surface area contributed by atoms with E-state index in [1.807, 2.05) is 0 Å². The summed E-state index contributed by atoms with van der Waals surface area (Å²) in [5.74, 6) is 0. The monoisotopic (exact) mass is 234 g/mol. The summed E-state index contributed by atoms with van der Waals surface area (Å²) < 4.78 is 0. The van der Waals surface area contributed by atoms with E-state index < -0.39 is 0 Å². The molecule has 0 amide bonds. The Morgan fingerprint density at radius 1 is 1.24 bits per heavy atom. The van der Waals surface area contributed by atoms with Gasteiger partial charge in [-0.15, -0.1) is 0 Å². The van der Waals surface area contributed by atoms with Crippen LogP contribution in [0.15, 0.2) is 24.3 Å². The maximum absolute atomic E-state index is 5.95. The second-order valence-electron chi connectivity index (χ2n) is 6.08. The van der Waals surface area contributed by atoms with Crippen molar-refractivity contribution < 1.29 is 0 Å². The van der Waals surface area contributed by atoms with Gasteiger partial charge in [0.15, 0.2) is 0 Å². The lowest BCUT2D eigenvalue weighted by molar-refractivity contribution is 0.175. The highest BCUT2D eigenvalue weighted by Gasteiger charge is 2.21. The van der Waals surface area contributed by atoms with Crippen LogP contribution in [0.4, 0.5) is 0 Å². The van der Waals surface area contributed by atoms with Gasteiger partial charge in [0.1, 0.15) is 0 Å². The van der Waals surface area contributed by atoms with E-state index >= 15 is 0 Å². The highest BCUT2D eigenvalue weighted by molar-refractivity contribution is 5.29. The van der Waals surface area contributed by atoms with E-state index in [2.05, 4.69) is 63.9 Å². The number of nitrogens with zero attached hydrogens (tertiary/aromatic N) is 1. The highest BCUT2D eigenvalue weighted by Crippen LogP contribution is 2.25. The Labute approximate surface area is 106 Å². The van der Waals surface area contributed by atoms with Crippen molar-refractivity contribution in [3.63, 3.8) is 0 Å². The Kier molecular flexibility index (Phi) is 4.72. The van der Waals surface area contributed by atoms with Crippen LogP contribution >= 0.6 is 0 Å². The van der Waals surface area contributed by atoms with E-state index in [9.17, 15) is 0 Å². The Hall–Kier alpha value is -0.860. The molecular formula is C15H26N2. The molecule has 2 nitrogen and oxygen atoms in total. The lowest BCUT2D eigenvalue weighted by Gasteiger charge is -2.33. The lowest BCUT2D eigenvalue weighted by Crippen LogP contribution is -2.36. The van der Waals surface area contributed by atoms with Gasteiger partial charge in [-0.25, -0.2) is 0 Å². The van der Waals surface area contributed by atoms with Gasteiger partial charge >= 0.3 is 0 Å². The molecule has 0 aliphatic heterocycles. The van der Waals surface area contributed by atoms with Gasteiger partial charge in [0.05, 0.1) is 0 Å². The summed E-state index contributed by atoms with van der Waals surface area (Å²) in [5.41, 5.74) is 8.92. The van der Waals surface area contributed by atoms with Crippen LogP contribution in [0.2, 0.25) is 0 Å². The summed E-state index contributed by atoms with van der Waals surface area (Å²) >= 11 is 0. The molecule has 0 heterocycles. The molecule has 0 saturated carbocycles. The topological polar surface area (TPSA) is 29.3 Å². The summed E-state index contributed by atoms with van der Waals surface area (Å²) in [4.78, 5) is 2.36. The Bertz CT molecular complexity index is 352. The van der Waals surface area contributed by atoms with Crippen LogP contribution in [-0.2, 0) is 0 Å². The molecule has 0 spiro atoms. The molecule has 2 heteroatoms. The van der Waals surface area contributed by atoms with Crippen LogP contribution in [0.1, 0.15) is 37.9 Å². The van der Waals surface area contributed by atoms with Gasteiger partial charge < -0.3 is 5.73 Å². The van der Waals surface area contributed by atoms with Gasteiger partial charge in [0, 0.05) is 19.1 Å². The van der Waals surface area contributed by atoms with Crippen molar-refractivity contribution in [3.05, 3.63) is 35.4 Å². The first-order chi connectivity index (χ1) is 7.85. The largest absolute Gasteiger partial charge is 0.329 e. The number of aryl methyl sites for hydroxylation is 1. The zero-order valence-corrected chi connectivity index (χ0v) is 11.8. The molecule has 0 fully saturated rings. The molecule has 1 aromatic rings. The van der Waals surface area contributed by atoms with Gasteiger partial charge in [-0.3, -0.25) is 4.90 Å². The fraction of sp³-hybridized carbons (Fsp3) is 0.600. The van der Waals surface area contributed by atoms with E-state index in [4.69, 9.17) is 5.73 Å². The van der Waals surface area contributed by atoms with Crippen LogP contribution in [0.5, 0.6) is 0 Å². The predicted octanol–water partition coefficient (Wildman–Crippen LogP) is 2.97. The standard InChI is InChI=1S/C15H26N2/c1-12-8-6-7-9-13(12)14(10-16)17(5)11-15(2,3)4/h6-9,14H,10-11,16H2,1-5H3. The Balaban J connectivity index is 2.89. The maximum atomic E-state index is 5.95. The number of rotatable bonds is 4. The minimum absolute atomic E-state index is 0.296. The molecule has 0 aliphatic carbocycles. The minimum Gasteiger partial charge on any atom is -0.329 e. The number of hydrogen-bond acceptors (Lipinski definition) is 2. The van der Waals surface area contributed by atoms with Crippen LogP contribution in [0.25, 0.3) is 0 Å². The molecule has 0 aliphatic rings. The molecule has 0 bridgehead atoms. The molecule has 1 aromatic carbocycles. The summed E-state index contributed by atoms with van der Waals surface area (Å²) in [6.45, 7) is 10.6. The quantitative estimate of drug-likeness (QED) is 0.868. The number of likely N-dealkylation sites (N-methyl/N-ethyl adjacent to an activating group) is 1. The van der Waals surface area contributed by atoms with Gasteiger partial charge in [-0.05, 0) is 30.5 Å². The van der Waals surface area contributed by atoms with Crippen molar-refractivity contribution in [1.29, 1.82) is 0 Å². The smallest absolute Gasteiger partial charge is 0.0470 e. The van der Waals surface area contributed by atoms with Crippen molar-refractivity contribution in [2.75, 3.05) is 20.1 Å². The Morgan fingerprint density at radius 3 is 2.29 bits per heavy atom. The molecule has 1 unspecified atom stereocenters. The van der Waals surface area contributed by atoms with Gasteiger partial charge in [0.2, 0.25) is 0 Å². The molecule has 17 heavy (non-hydrogen) atoms. The van der Waals surface area contributed by atoms with Crippen molar-refractivity contribution in [2.24, 2.45) is 11.1 Å². The van der Waals surface area contributed by atoms with Crippen LogP contribution in [0, 0.1) is 12.3 Å². The van der Waals surface area contributed by atoms with E-state index in [1.54, 1.807) is 0 Å². The second-order valence-corrected chi connectivity index (χ2v) is 6.08.